The van der Waals surface area contributed by atoms with Gasteiger partial charge < -0.3 is 9.72 Å². The fourth-order valence-electron chi connectivity index (χ4n) is 2.91. The molecule has 5 nitrogen and oxygen atoms in total. The van der Waals surface area contributed by atoms with Crippen LogP contribution in [0.5, 0.6) is 5.75 Å². The van der Waals surface area contributed by atoms with Gasteiger partial charge in [0, 0.05) is 32.5 Å². The van der Waals surface area contributed by atoms with Crippen LogP contribution < -0.4 is 10.2 Å². The van der Waals surface area contributed by atoms with Crippen LogP contribution in [0.3, 0.4) is 0 Å². The van der Waals surface area contributed by atoms with Gasteiger partial charge in [-0.1, -0.05) is 58.4 Å². The number of hydrazone groups is 1. The van der Waals surface area contributed by atoms with Gasteiger partial charge in [-0.15, -0.1) is 0 Å². The third-order valence-corrected chi connectivity index (χ3v) is 4.90. The van der Waals surface area contributed by atoms with E-state index in [-0.39, 0.29) is 12.5 Å². The lowest BCUT2D eigenvalue weighted by molar-refractivity contribution is -0.123. The van der Waals surface area contributed by atoms with Gasteiger partial charge >= 0.3 is 0 Å². The first kappa shape index (κ1) is 17.3. The van der Waals surface area contributed by atoms with Gasteiger partial charge in [-0.2, -0.15) is 5.10 Å². The molecule has 0 unspecified atom stereocenters. The first-order valence-electron chi connectivity index (χ1n) is 8.40. The Kier molecular flexibility index (Phi) is 4.89. The molecule has 3 aromatic carbocycles. The van der Waals surface area contributed by atoms with Gasteiger partial charge in [0.25, 0.3) is 5.91 Å². The molecule has 0 fully saturated rings. The van der Waals surface area contributed by atoms with E-state index in [0.29, 0.717) is 5.75 Å². The summed E-state index contributed by atoms with van der Waals surface area (Å²) in [7, 11) is 0. The summed E-state index contributed by atoms with van der Waals surface area (Å²) in [5.41, 5.74) is 4.43. The van der Waals surface area contributed by atoms with E-state index in [1.807, 2.05) is 66.9 Å². The molecule has 4 aromatic rings. The molecule has 27 heavy (non-hydrogen) atoms. The van der Waals surface area contributed by atoms with Crippen LogP contribution in [0.1, 0.15) is 5.56 Å². The van der Waals surface area contributed by atoms with Gasteiger partial charge in [-0.25, -0.2) is 5.43 Å². The van der Waals surface area contributed by atoms with E-state index >= 15 is 0 Å². The molecule has 0 saturated carbocycles. The zero-order valence-electron chi connectivity index (χ0n) is 14.3. The summed E-state index contributed by atoms with van der Waals surface area (Å²) in [6.07, 6.45) is 3.47. The highest BCUT2D eigenvalue weighted by atomic mass is 79.9. The van der Waals surface area contributed by atoms with Gasteiger partial charge in [-0.3, -0.25) is 4.79 Å². The number of H-pyrrole nitrogens is 1. The summed E-state index contributed by atoms with van der Waals surface area (Å²) in [5, 5.41) is 7.05. The summed E-state index contributed by atoms with van der Waals surface area (Å²) in [4.78, 5) is 15.2. The Bertz CT molecular complexity index is 1150. The number of carbonyl (C=O) groups is 1. The number of nitrogens with one attached hydrogen (secondary N) is 2. The summed E-state index contributed by atoms with van der Waals surface area (Å²) in [5.74, 6) is 0.336. The molecule has 2 N–H and O–H groups in total. The molecule has 0 saturated heterocycles. The van der Waals surface area contributed by atoms with Crippen molar-refractivity contribution >= 4 is 49.7 Å². The topological polar surface area (TPSA) is 66.5 Å². The molecule has 1 amide bonds. The van der Waals surface area contributed by atoms with Gasteiger partial charge in [0.1, 0.15) is 5.75 Å². The molecule has 1 aromatic heterocycles. The highest BCUT2D eigenvalue weighted by Gasteiger charge is 2.07. The van der Waals surface area contributed by atoms with Crippen molar-refractivity contribution in [2.45, 2.75) is 0 Å². The summed E-state index contributed by atoms with van der Waals surface area (Å²) in [6, 6.07) is 19.5. The number of ether oxygens (including phenoxy) is 1. The van der Waals surface area contributed by atoms with Crippen LogP contribution in [0.15, 0.2) is 76.4 Å². The Balaban J connectivity index is 1.40. The minimum Gasteiger partial charge on any atom is -0.483 e. The number of hydrogen-bond acceptors (Lipinski definition) is 3. The highest BCUT2D eigenvalue weighted by Crippen LogP contribution is 2.31. The molecule has 1 heterocycles. The normalized spacial score (nSPS) is 11.3. The average molecular weight is 422 g/mol. The van der Waals surface area contributed by atoms with E-state index in [4.69, 9.17) is 4.74 Å². The van der Waals surface area contributed by atoms with Crippen LogP contribution in [-0.2, 0) is 4.79 Å². The lowest BCUT2D eigenvalue weighted by atomic mass is 10.1. The van der Waals surface area contributed by atoms with E-state index in [1.165, 1.54) is 0 Å². The van der Waals surface area contributed by atoms with E-state index in [2.05, 4.69) is 31.4 Å². The number of aromatic amines is 1. The van der Waals surface area contributed by atoms with Crippen molar-refractivity contribution in [2.24, 2.45) is 5.10 Å². The number of para-hydroxylation sites is 1. The number of carbonyl (C=O) groups excluding carboxylic acids is 1. The second-order valence-corrected chi connectivity index (χ2v) is 6.82. The van der Waals surface area contributed by atoms with Crippen molar-refractivity contribution < 1.29 is 9.53 Å². The third-order valence-electron chi connectivity index (χ3n) is 4.20. The van der Waals surface area contributed by atoms with Gasteiger partial charge in [-0.05, 0) is 23.6 Å². The minimum atomic E-state index is -0.321. The second kappa shape index (κ2) is 7.63. The maximum absolute atomic E-state index is 12.0. The number of fused-ring (bicyclic) bond motifs is 2. The zero-order chi connectivity index (χ0) is 18.6. The summed E-state index contributed by atoms with van der Waals surface area (Å²) < 4.78 is 6.67. The number of halogens is 1. The van der Waals surface area contributed by atoms with Crippen molar-refractivity contribution in [2.75, 3.05) is 6.61 Å². The van der Waals surface area contributed by atoms with Crippen molar-refractivity contribution in [1.82, 2.24) is 10.4 Å². The van der Waals surface area contributed by atoms with Crippen molar-refractivity contribution in [3.05, 3.63) is 76.9 Å². The molecule has 0 atom stereocenters. The van der Waals surface area contributed by atoms with Crippen molar-refractivity contribution in [3.63, 3.8) is 0 Å². The third kappa shape index (κ3) is 3.71. The molecule has 0 aliphatic rings. The SMILES string of the molecule is O=C(COc1ccc(Br)c2ccccc12)N/N=C/c1c[nH]c2ccccc12. The fraction of sp³-hybridized carbons (Fsp3) is 0.0476. The molecule has 6 heteroatoms. The summed E-state index contributed by atoms with van der Waals surface area (Å²) >= 11 is 3.52. The first-order valence-corrected chi connectivity index (χ1v) is 9.20. The maximum Gasteiger partial charge on any atom is 0.277 e. The molecular formula is C21H16BrN3O2. The monoisotopic (exact) mass is 421 g/mol. The Morgan fingerprint density at radius 1 is 1.04 bits per heavy atom. The molecule has 0 spiro atoms. The highest BCUT2D eigenvalue weighted by molar-refractivity contribution is 9.10. The van der Waals surface area contributed by atoms with E-state index in [0.717, 1.165) is 31.7 Å². The molecule has 134 valence electrons. The quantitative estimate of drug-likeness (QED) is 0.364. The van der Waals surface area contributed by atoms with Crippen molar-refractivity contribution in [3.8, 4) is 5.75 Å². The standard InChI is InChI=1S/C21H16BrN3O2/c22-18-9-10-20(17-7-2-1-6-16(17)18)27-13-21(26)25-24-12-14-11-23-19-8-4-3-5-15(14)19/h1-12,23H,13H2,(H,25,26)/b24-12+. The van der Waals surface area contributed by atoms with Crippen LogP contribution in [-0.4, -0.2) is 23.7 Å². The predicted octanol–water partition coefficient (Wildman–Crippen LogP) is 4.61. The fourth-order valence-corrected chi connectivity index (χ4v) is 3.39. The van der Waals surface area contributed by atoms with Gasteiger partial charge in [0.15, 0.2) is 6.61 Å². The first-order chi connectivity index (χ1) is 13.2. The van der Waals surface area contributed by atoms with Gasteiger partial charge in [0.05, 0.1) is 6.21 Å². The lowest BCUT2D eigenvalue weighted by Gasteiger charge is -2.09. The molecule has 0 aliphatic carbocycles. The number of rotatable bonds is 5. The van der Waals surface area contributed by atoms with Crippen LogP contribution >= 0.6 is 15.9 Å². The predicted molar refractivity (Wildman–Crippen MR) is 111 cm³/mol. The molecule has 4 rings (SSSR count). The Labute approximate surface area is 164 Å². The number of benzene rings is 3. The Hall–Kier alpha value is -3.12. The minimum absolute atomic E-state index is 0.114. The van der Waals surface area contributed by atoms with E-state index in [9.17, 15) is 4.79 Å². The smallest absolute Gasteiger partial charge is 0.277 e. The number of aromatic nitrogens is 1. The van der Waals surface area contributed by atoms with Crippen LogP contribution in [0.25, 0.3) is 21.7 Å². The molecular weight excluding hydrogens is 406 g/mol. The van der Waals surface area contributed by atoms with Crippen LogP contribution in [0.2, 0.25) is 0 Å². The van der Waals surface area contributed by atoms with E-state index in [1.54, 1.807) is 6.21 Å². The van der Waals surface area contributed by atoms with Crippen molar-refractivity contribution in [1.29, 1.82) is 0 Å². The molecule has 0 aliphatic heterocycles. The van der Waals surface area contributed by atoms with Gasteiger partial charge in [0.2, 0.25) is 0 Å². The molecule has 0 radical (unpaired) electrons. The number of nitrogens with zero attached hydrogens (tertiary/aromatic N) is 1. The lowest BCUT2D eigenvalue weighted by Crippen LogP contribution is -2.24. The zero-order valence-corrected chi connectivity index (χ0v) is 15.9. The average Bonchev–Trinajstić information content (AvgIpc) is 3.11. The number of amides is 1. The maximum atomic E-state index is 12.0. The molecule has 0 bridgehead atoms. The Morgan fingerprint density at radius 2 is 1.78 bits per heavy atom. The summed E-state index contributed by atoms with van der Waals surface area (Å²) in [6.45, 7) is -0.114. The number of hydrogen-bond donors (Lipinski definition) is 2. The Morgan fingerprint density at radius 3 is 2.63 bits per heavy atom. The largest absolute Gasteiger partial charge is 0.483 e. The van der Waals surface area contributed by atoms with Crippen LogP contribution in [0, 0.1) is 0 Å². The van der Waals surface area contributed by atoms with E-state index < -0.39 is 0 Å². The van der Waals surface area contributed by atoms with Crippen LogP contribution in [0.4, 0.5) is 0 Å². The second-order valence-electron chi connectivity index (χ2n) is 5.96.